The van der Waals surface area contributed by atoms with Crippen molar-refractivity contribution in [3.8, 4) is 5.75 Å². The molecule has 5 heteroatoms. The molecule has 0 aromatic heterocycles. The molecule has 0 aliphatic heterocycles. The lowest BCUT2D eigenvalue weighted by Crippen LogP contribution is -2.25. The molecule has 0 fully saturated rings. The highest BCUT2D eigenvalue weighted by Gasteiger charge is 2.22. The topological polar surface area (TPSA) is 55.5 Å². The molecular formula is C10H13BrFNO2. The molecular weight excluding hydrogens is 265 g/mol. The number of hydrogen-bond donors (Lipinski definition) is 2. The second-order valence-corrected chi connectivity index (χ2v) is 4.13. The highest BCUT2D eigenvalue weighted by molar-refractivity contribution is 9.10. The minimum Gasteiger partial charge on any atom is -0.493 e. The molecule has 0 radical (unpaired) electrons. The summed E-state index contributed by atoms with van der Waals surface area (Å²) < 4.78 is 18.8. The van der Waals surface area contributed by atoms with E-state index in [2.05, 4.69) is 15.9 Å². The summed E-state index contributed by atoms with van der Waals surface area (Å²) in [6.45, 7) is 1.64. The number of benzene rings is 1. The largest absolute Gasteiger partial charge is 0.493 e. The minimum absolute atomic E-state index is 0.0224. The van der Waals surface area contributed by atoms with E-state index in [-0.39, 0.29) is 5.75 Å². The van der Waals surface area contributed by atoms with Crippen LogP contribution >= 0.6 is 15.9 Å². The van der Waals surface area contributed by atoms with Gasteiger partial charge in [0.05, 0.1) is 13.2 Å². The van der Waals surface area contributed by atoms with Gasteiger partial charge in [0.1, 0.15) is 0 Å². The zero-order chi connectivity index (χ0) is 11.6. The van der Waals surface area contributed by atoms with Gasteiger partial charge in [-0.2, -0.15) is 0 Å². The Morgan fingerprint density at radius 3 is 2.60 bits per heavy atom. The summed E-state index contributed by atoms with van der Waals surface area (Å²) in [6.07, 6.45) is -0.968. The van der Waals surface area contributed by atoms with Crippen LogP contribution in [0.1, 0.15) is 18.6 Å². The first-order valence-electron chi connectivity index (χ1n) is 4.44. The highest BCUT2D eigenvalue weighted by Crippen LogP contribution is 2.35. The van der Waals surface area contributed by atoms with Crippen LogP contribution in [0, 0.1) is 5.82 Å². The fourth-order valence-electron chi connectivity index (χ4n) is 1.29. The second-order valence-electron chi connectivity index (χ2n) is 3.28. The van der Waals surface area contributed by atoms with Gasteiger partial charge in [-0.05, 0) is 19.1 Å². The highest BCUT2D eigenvalue weighted by atomic mass is 79.9. The number of ether oxygens (including phenoxy) is 1. The molecule has 15 heavy (non-hydrogen) atoms. The third-order valence-electron chi connectivity index (χ3n) is 2.09. The molecule has 1 aromatic rings. The van der Waals surface area contributed by atoms with Gasteiger partial charge < -0.3 is 15.6 Å². The maximum absolute atomic E-state index is 13.4. The number of nitrogens with two attached hydrogens (primary N) is 1. The van der Waals surface area contributed by atoms with Crippen molar-refractivity contribution < 1.29 is 14.2 Å². The van der Waals surface area contributed by atoms with Crippen molar-refractivity contribution >= 4 is 15.9 Å². The normalized spacial score (nSPS) is 14.8. The SMILES string of the molecule is COc1c(F)ccc(Br)c1C(O)C(C)N. The van der Waals surface area contributed by atoms with Crippen molar-refractivity contribution in [1.82, 2.24) is 0 Å². The minimum atomic E-state index is -0.968. The molecule has 0 aliphatic rings. The summed E-state index contributed by atoms with van der Waals surface area (Å²) in [4.78, 5) is 0. The number of hydrogen-bond acceptors (Lipinski definition) is 3. The van der Waals surface area contributed by atoms with Crippen molar-refractivity contribution in [2.45, 2.75) is 19.1 Å². The van der Waals surface area contributed by atoms with Crippen LogP contribution in [0.15, 0.2) is 16.6 Å². The number of halogens is 2. The molecule has 0 spiro atoms. The quantitative estimate of drug-likeness (QED) is 0.888. The molecule has 0 amide bonds. The first kappa shape index (κ1) is 12.4. The van der Waals surface area contributed by atoms with Crippen LogP contribution in [0.2, 0.25) is 0 Å². The fourth-order valence-corrected chi connectivity index (χ4v) is 1.84. The molecule has 2 unspecified atom stereocenters. The molecule has 0 aliphatic carbocycles. The predicted octanol–water partition coefficient (Wildman–Crippen LogP) is 1.98. The van der Waals surface area contributed by atoms with E-state index in [9.17, 15) is 9.50 Å². The summed E-state index contributed by atoms with van der Waals surface area (Å²) in [6, 6.07) is 2.27. The lowest BCUT2D eigenvalue weighted by molar-refractivity contribution is 0.148. The van der Waals surface area contributed by atoms with Crippen molar-refractivity contribution in [3.05, 3.63) is 28.0 Å². The molecule has 3 nitrogen and oxygen atoms in total. The van der Waals surface area contributed by atoms with Gasteiger partial charge >= 0.3 is 0 Å². The van der Waals surface area contributed by atoms with Crippen LogP contribution in [0.25, 0.3) is 0 Å². The lowest BCUT2D eigenvalue weighted by atomic mass is 10.0. The number of methoxy groups -OCH3 is 1. The molecule has 1 aromatic carbocycles. The van der Waals surface area contributed by atoms with Gasteiger partial charge in [0.2, 0.25) is 0 Å². The molecule has 2 atom stereocenters. The van der Waals surface area contributed by atoms with E-state index in [0.29, 0.717) is 10.0 Å². The van der Waals surface area contributed by atoms with Gasteiger partial charge in [-0.1, -0.05) is 15.9 Å². The van der Waals surface area contributed by atoms with Gasteiger partial charge in [-0.25, -0.2) is 4.39 Å². The number of aliphatic hydroxyl groups excluding tert-OH is 1. The third-order valence-corrected chi connectivity index (χ3v) is 2.78. The van der Waals surface area contributed by atoms with Gasteiger partial charge in [0.25, 0.3) is 0 Å². The van der Waals surface area contributed by atoms with E-state index < -0.39 is 18.0 Å². The molecule has 0 saturated carbocycles. The zero-order valence-corrected chi connectivity index (χ0v) is 10.1. The Balaban J connectivity index is 3.30. The molecule has 1 rings (SSSR count). The number of rotatable bonds is 3. The van der Waals surface area contributed by atoms with Crippen LogP contribution in [0.3, 0.4) is 0 Å². The third kappa shape index (κ3) is 2.48. The Morgan fingerprint density at radius 2 is 2.13 bits per heavy atom. The monoisotopic (exact) mass is 277 g/mol. The van der Waals surface area contributed by atoms with Crippen LogP contribution in [0.4, 0.5) is 4.39 Å². The Hall–Kier alpha value is -0.650. The zero-order valence-electron chi connectivity index (χ0n) is 8.50. The van der Waals surface area contributed by atoms with Crippen LogP contribution in [-0.4, -0.2) is 18.3 Å². The summed E-state index contributed by atoms with van der Waals surface area (Å²) in [7, 11) is 1.35. The maximum atomic E-state index is 13.4. The lowest BCUT2D eigenvalue weighted by Gasteiger charge is -2.19. The molecule has 0 bridgehead atoms. The second kappa shape index (κ2) is 4.92. The molecule has 84 valence electrons. The smallest absolute Gasteiger partial charge is 0.165 e. The fraction of sp³-hybridized carbons (Fsp3) is 0.400. The van der Waals surface area contributed by atoms with Crippen molar-refractivity contribution in [1.29, 1.82) is 0 Å². The average Bonchev–Trinajstić information content (AvgIpc) is 2.19. The van der Waals surface area contributed by atoms with Gasteiger partial charge in [0, 0.05) is 16.1 Å². The average molecular weight is 278 g/mol. The van der Waals surface area contributed by atoms with Crippen LogP contribution in [-0.2, 0) is 0 Å². The first-order valence-corrected chi connectivity index (χ1v) is 5.23. The van der Waals surface area contributed by atoms with Gasteiger partial charge in [-0.3, -0.25) is 0 Å². The summed E-state index contributed by atoms with van der Waals surface area (Å²) in [5, 5.41) is 9.81. The van der Waals surface area contributed by atoms with Crippen molar-refractivity contribution in [3.63, 3.8) is 0 Å². The van der Waals surface area contributed by atoms with E-state index in [1.54, 1.807) is 6.92 Å². The first-order chi connectivity index (χ1) is 6.99. The van der Waals surface area contributed by atoms with Crippen molar-refractivity contribution in [2.24, 2.45) is 5.73 Å². The van der Waals surface area contributed by atoms with Crippen LogP contribution in [0.5, 0.6) is 5.75 Å². The Morgan fingerprint density at radius 1 is 1.53 bits per heavy atom. The number of aliphatic hydroxyl groups is 1. The Labute approximate surface area is 96.2 Å². The van der Waals surface area contributed by atoms with E-state index in [0.717, 1.165) is 0 Å². The van der Waals surface area contributed by atoms with E-state index >= 15 is 0 Å². The molecule has 0 heterocycles. The Bertz CT molecular complexity index is 358. The predicted molar refractivity (Wildman–Crippen MR) is 59.3 cm³/mol. The van der Waals surface area contributed by atoms with Gasteiger partial charge in [-0.15, -0.1) is 0 Å². The van der Waals surface area contributed by atoms with Gasteiger partial charge in [0.15, 0.2) is 11.6 Å². The van der Waals surface area contributed by atoms with Crippen LogP contribution < -0.4 is 10.5 Å². The summed E-state index contributed by atoms with van der Waals surface area (Å²) >= 11 is 3.23. The van der Waals surface area contributed by atoms with Crippen molar-refractivity contribution in [2.75, 3.05) is 7.11 Å². The summed E-state index contributed by atoms with van der Waals surface area (Å²) in [5.41, 5.74) is 5.90. The van der Waals surface area contributed by atoms with E-state index in [1.165, 1.54) is 19.2 Å². The molecule has 0 saturated heterocycles. The summed E-state index contributed by atoms with van der Waals surface area (Å²) in [5.74, 6) is -0.496. The maximum Gasteiger partial charge on any atom is 0.165 e. The molecule has 3 N–H and O–H groups in total. The van der Waals surface area contributed by atoms with E-state index in [4.69, 9.17) is 10.5 Å². The standard InChI is InChI=1S/C10H13BrFNO2/c1-5(13)9(14)8-6(11)3-4-7(12)10(8)15-2/h3-5,9,14H,13H2,1-2H3. The van der Waals surface area contributed by atoms with E-state index in [1.807, 2.05) is 0 Å². The Kier molecular flexibility index (Phi) is 4.07.